The SMILES string of the molecule is CCCCN(Cc1ccc(O)cc1Cl)C1CCc2nc(-c3ccccc3)n(CCCC)c21. The fourth-order valence-electron chi connectivity index (χ4n) is 4.78. The maximum atomic E-state index is 9.77. The molecule has 0 radical (unpaired) electrons. The molecule has 32 heavy (non-hydrogen) atoms. The van der Waals surface area contributed by atoms with Crippen molar-refractivity contribution in [3.8, 4) is 17.1 Å². The number of rotatable bonds is 10. The number of hydrogen-bond donors (Lipinski definition) is 1. The van der Waals surface area contributed by atoms with Crippen LogP contribution in [0.3, 0.4) is 0 Å². The van der Waals surface area contributed by atoms with Crippen molar-refractivity contribution in [2.45, 2.75) is 71.5 Å². The third kappa shape index (κ3) is 4.87. The number of benzene rings is 2. The Kier molecular flexibility index (Phi) is 7.54. The molecule has 0 fully saturated rings. The first-order chi connectivity index (χ1) is 15.6. The number of fused-ring (bicyclic) bond motifs is 1. The Bertz CT molecular complexity index is 1030. The van der Waals surface area contributed by atoms with E-state index in [9.17, 15) is 5.11 Å². The van der Waals surface area contributed by atoms with Gasteiger partial charge in [0.1, 0.15) is 11.6 Å². The van der Waals surface area contributed by atoms with Crippen LogP contribution < -0.4 is 0 Å². The fourth-order valence-corrected chi connectivity index (χ4v) is 5.01. The highest BCUT2D eigenvalue weighted by molar-refractivity contribution is 6.31. The first-order valence-corrected chi connectivity index (χ1v) is 12.4. The van der Waals surface area contributed by atoms with Crippen LogP contribution in [-0.4, -0.2) is 26.1 Å². The third-order valence-electron chi connectivity index (χ3n) is 6.47. The Balaban J connectivity index is 1.71. The van der Waals surface area contributed by atoms with Gasteiger partial charge in [-0.1, -0.05) is 74.7 Å². The average molecular weight is 452 g/mol. The second kappa shape index (κ2) is 10.5. The van der Waals surface area contributed by atoms with Gasteiger partial charge in [0.25, 0.3) is 0 Å². The lowest BCUT2D eigenvalue weighted by molar-refractivity contribution is 0.178. The van der Waals surface area contributed by atoms with E-state index in [1.165, 1.54) is 17.0 Å². The van der Waals surface area contributed by atoms with E-state index in [1.54, 1.807) is 12.1 Å². The molecule has 0 bridgehead atoms. The zero-order chi connectivity index (χ0) is 22.5. The summed E-state index contributed by atoms with van der Waals surface area (Å²) in [5.41, 5.74) is 4.90. The van der Waals surface area contributed by atoms with Gasteiger partial charge < -0.3 is 9.67 Å². The number of imidazole rings is 1. The minimum atomic E-state index is 0.215. The highest BCUT2D eigenvalue weighted by Gasteiger charge is 2.34. The fraction of sp³-hybridized carbons (Fsp3) is 0.444. The maximum Gasteiger partial charge on any atom is 0.140 e. The summed E-state index contributed by atoms with van der Waals surface area (Å²) in [4.78, 5) is 7.72. The van der Waals surface area contributed by atoms with E-state index in [4.69, 9.17) is 16.6 Å². The van der Waals surface area contributed by atoms with Crippen LogP contribution in [0.15, 0.2) is 48.5 Å². The summed E-state index contributed by atoms with van der Waals surface area (Å²) < 4.78 is 2.49. The molecule has 1 aliphatic carbocycles. The highest BCUT2D eigenvalue weighted by atomic mass is 35.5. The summed E-state index contributed by atoms with van der Waals surface area (Å²) in [5.74, 6) is 1.32. The van der Waals surface area contributed by atoms with Crippen molar-refractivity contribution in [3.63, 3.8) is 0 Å². The molecule has 170 valence electrons. The number of nitrogens with zero attached hydrogens (tertiary/aromatic N) is 3. The maximum absolute atomic E-state index is 9.77. The molecule has 0 saturated carbocycles. The van der Waals surface area contributed by atoms with Gasteiger partial charge in [0, 0.05) is 23.7 Å². The molecule has 1 atom stereocenters. The van der Waals surface area contributed by atoms with Crippen molar-refractivity contribution in [2.75, 3.05) is 6.54 Å². The zero-order valence-electron chi connectivity index (χ0n) is 19.2. The first kappa shape index (κ1) is 22.9. The number of phenolic OH excluding ortho intramolecular Hbond substituents is 1. The van der Waals surface area contributed by atoms with Gasteiger partial charge in [-0.25, -0.2) is 4.98 Å². The van der Waals surface area contributed by atoms with Crippen molar-refractivity contribution in [3.05, 3.63) is 70.5 Å². The molecule has 0 aliphatic heterocycles. The van der Waals surface area contributed by atoms with Crippen molar-refractivity contribution in [2.24, 2.45) is 0 Å². The Morgan fingerprint density at radius 2 is 1.88 bits per heavy atom. The van der Waals surface area contributed by atoms with Crippen LogP contribution in [0.25, 0.3) is 11.4 Å². The average Bonchev–Trinajstić information content (AvgIpc) is 3.37. The first-order valence-electron chi connectivity index (χ1n) is 12.0. The molecule has 5 heteroatoms. The van der Waals surface area contributed by atoms with E-state index < -0.39 is 0 Å². The van der Waals surface area contributed by atoms with E-state index in [1.807, 2.05) is 6.07 Å². The summed E-state index contributed by atoms with van der Waals surface area (Å²) in [6.07, 6.45) is 6.73. The van der Waals surface area contributed by atoms with Crippen LogP contribution in [-0.2, 0) is 19.5 Å². The molecule has 0 saturated heterocycles. The van der Waals surface area contributed by atoms with Crippen molar-refractivity contribution in [1.82, 2.24) is 14.5 Å². The number of hydrogen-bond acceptors (Lipinski definition) is 3. The quantitative estimate of drug-likeness (QED) is 0.360. The molecule has 1 aliphatic rings. The Morgan fingerprint density at radius 1 is 1.09 bits per heavy atom. The van der Waals surface area contributed by atoms with Crippen LogP contribution in [0, 0.1) is 0 Å². The number of halogens is 1. The van der Waals surface area contributed by atoms with Crippen LogP contribution in [0.2, 0.25) is 5.02 Å². The number of aromatic nitrogens is 2. The van der Waals surface area contributed by atoms with Gasteiger partial charge in [0.15, 0.2) is 0 Å². The summed E-state index contributed by atoms with van der Waals surface area (Å²) in [5, 5.41) is 10.4. The Hall–Kier alpha value is -2.30. The summed E-state index contributed by atoms with van der Waals surface area (Å²) >= 11 is 6.49. The molecule has 4 nitrogen and oxygen atoms in total. The smallest absolute Gasteiger partial charge is 0.140 e. The summed E-state index contributed by atoms with van der Waals surface area (Å²) in [6.45, 7) is 7.30. The molecule has 4 rings (SSSR count). The van der Waals surface area contributed by atoms with Crippen molar-refractivity contribution in [1.29, 1.82) is 0 Å². The normalized spacial score (nSPS) is 15.4. The van der Waals surface area contributed by atoms with Gasteiger partial charge in [-0.15, -0.1) is 0 Å². The van der Waals surface area contributed by atoms with E-state index in [0.717, 1.165) is 69.5 Å². The zero-order valence-corrected chi connectivity index (χ0v) is 20.0. The Labute approximate surface area is 196 Å². The van der Waals surface area contributed by atoms with Crippen molar-refractivity contribution >= 4 is 11.6 Å². The van der Waals surface area contributed by atoms with E-state index >= 15 is 0 Å². The predicted octanol–water partition coefficient (Wildman–Crippen LogP) is 7.00. The van der Waals surface area contributed by atoms with Gasteiger partial charge in [0.05, 0.1) is 17.4 Å². The predicted molar refractivity (Wildman–Crippen MR) is 132 cm³/mol. The Morgan fingerprint density at radius 3 is 2.59 bits per heavy atom. The van der Waals surface area contributed by atoms with Gasteiger partial charge in [-0.3, -0.25) is 4.90 Å². The van der Waals surface area contributed by atoms with Gasteiger partial charge >= 0.3 is 0 Å². The van der Waals surface area contributed by atoms with Gasteiger partial charge in [-0.05, 0) is 49.9 Å². The van der Waals surface area contributed by atoms with Crippen LogP contribution in [0.4, 0.5) is 0 Å². The molecule has 1 aromatic heterocycles. The van der Waals surface area contributed by atoms with Crippen LogP contribution in [0.1, 0.15) is 68.9 Å². The third-order valence-corrected chi connectivity index (χ3v) is 6.82. The number of phenols is 1. The van der Waals surface area contributed by atoms with E-state index in [-0.39, 0.29) is 5.75 Å². The van der Waals surface area contributed by atoms with E-state index in [0.29, 0.717) is 11.1 Å². The molecule has 1 N–H and O–H groups in total. The minimum absolute atomic E-state index is 0.215. The number of aromatic hydroxyl groups is 1. The lowest BCUT2D eigenvalue weighted by Crippen LogP contribution is -2.30. The second-order valence-corrected chi connectivity index (χ2v) is 9.20. The molecule has 2 aromatic carbocycles. The lowest BCUT2D eigenvalue weighted by Gasteiger charge is -2.31. The second-order valence-electron chi connectivity index (χ2n) is 8.79. The number of aryl methyl sites for hydroxylation is 1. The lowest BCUT2D eigenvalue weighted by atomic mass is 10.1. The summed E-state index contributed by atoms with van der Waals surface area (Å²) in [6, 6.07) is 16.3. The molecular weight excluding hydrogens is 418 g/mol. The minimum Gasteiger partial charge on any atom is -0.508 e. The van der Waals surface area contributed by atoms with Gasteiger partial charge in [-0.2, -0.15) is 0 Å². The molecule has 0 amide bonds. The highest BCUT2D eigenvalue weighted by Crippen LogP contribution is 2.40. The van der Waals surface area contributed by atoms with Crippen LogP contribution >= 0.6 is 11.6 Å². The monoisotopic (exact) mass is 451 g/mol. The van der Waals surface area contributed by atoms with E-state index in [2.05, 4.69) is 53.6 Å². The standard InChI is InChI=1S/C27H34ClN3O/c1-3-5-16-30(19-21-12-13-22(32)18-23(21)28)25-15-14-24-26(25)31(17-6-4-2)27(29-24)20-10-8-7-9-11-20/h7-13,18,25,32H,3-6,14-17,19H2,1-2H3. The van der Waals surface area contributed by atoms with Crippen LogP contribution in [0.5, 0.6) is 5.75 Å². The van der Waals surface area contributed by atoms with Gasteiger partial charge in [0.2, 0.25) is 0 Å². The molecule has 0 spiro atoms. The largest absolute Gasteiger partial charge is 0.508 e. The molecule has 3 aromatic rings. The molecule has 1 unspecified atom stereocenters. The topological polar surface area (TPSA) is 41.3 Å². The molecular formula is C27H34ClN3O. The summed E-state index contributed by atoms with van der Waals surface area (Å²) in [7, 11) is 0. The number of unbranched alkanes of at least 4 members (excludes halogenated alkanes) is 2. The molecule has 1 heterocycles. The van der Waals surface area contributed by atoms with Crippen molar-refractivity contribution < 1.29 is 5.11 Å².